The van der Waals surface area contributed by atoms with Gasteiger partial charge in [0.05, 0.1) is 6.26 Å². The Morgan fingerprint density at radius 1 is 1.28 bits per heavy atom. The van der Waals surface area contributed by atoms with E-state index in [2.05, 4.69) is 21.3 Å². The van der Waals surface area contributed by atoms with Gasteiger partial charge in [0.25, 0.3) is 5.56 Å². The molecule has 0 amide bonds. The second-order valence-corrected chi connectivity index (χ2v) is 6.57. The van der Waals surface area contributed by atoms with Gasteiger partial charge in [-0.1, -0.05) is 18.2 Å². The van der Waals surface area contributed by atoms with Crippen LogP contribution < -0.4 is 15.8 Å². The molecule has 2 aromatic heterocycles. The molecule has 1 fully saturated rings. The number of nitrogens with zero attached hydrogens (tertiary/aromatic N) is 3. The Kier molecular flexibility index (Phi) is 4.28. The molecular weight excluding hydrogens is 316 g/mol. The SMILES string of the molecule is Cn1ccnc(N2CCC(NCc3coc4ccccc34)CC2)c1=O. The lowest BCUT2D eigenvalue weighted by atomic mass is 10.0. The van der Waals surface area contributed by atoms with E-state index in [9.17, 15) is 4.79 Å². The van der Waals surface area contributed by atoms with Crippen molar-refractivity contribution >= 4 is 16.8 Å². The number of anilines is 1. The van der Waals surface area contributed by atoms with Crippen molar-refractivity contribution in [3.63, 3.8) is 0 Å². The summed E-state index contributed by atoms with van der Waals surface area (Å²) in [4.78, 5) is 18.5. The molecule has 0 unspecified atom stereocenters. The third-order valence-corrected chi connectivity index (χ3v) is 4.94. The largest absolute Gasteiger partial charge is 0.464 e. The number of aryl methyl sites for hydroxylation is 1. The molecule has 1 N–H and O–H groups in total. The van der Waals surface area contributed by atoms with Gasteiger partial charge < -0.3 is 19.2 Å². The Bertz CT molecular complexity index is 922. The highest BCUT2D eigenvalue weighted by Gasteiger charge is 2.22. The van der Waals surface area contributed by atoms with Gasteiger partial charge in [-0.05, 0) is 18.9 Å². The summed E-state index contributed by atoms with van der Waals surface area (Å²) in [5, 5.41) is 4.79. The molecule has 1 aliphatic rings. The quantitative estimate of drug-likeness (QED) is 0.791. The van der Waals surface area contributed by atoms with E-state index in [-0.39, 0.29) is 5.56 Å². The maximum Gasteiger partial charge on any atom is 0.293 e. The fraction of sp³-hybridized carbons (Fsp3) is 0.368. The average molecular weight is 338 g/mol. The highest BCUT2D eigenvalue weighted by molar-refractivity contribution is 5.80. The molecule has 6 heteroatoms. The zero-order valence-corrected chi connectivity index (χ0v) is 14.3. The second kappa shape index (κ2) is 6.72. The first-order valence-corrected chi connectivity index (χ1v) is 8.67. The number of furan rings is 1. The van der Waals surface area contributed by atoms with E-state index in [1.54, 1.807) is 24.0 Å². The third kappa shape index (κ3) is 3.17. The van der Waals surface area contributed by atoms with Crippen molar-refractivity contribution in [2.24, 2.45) is 7.05 Å². The summed E-state index contributed by atoms with van der Waals surface area (Å²) < 4.78 is 7.17. The standard InChI is InChI=1S/C19H22N4O2/c1-22-11-8-20-18(19(22)24)23-9-6-15(7-10-23)21-12-14-13-25-17-5-3-2-4-16(14)17/h2-5,8,11,13,15,21H,6-7,9-10,12H2,1H3. The molecule has 1 saturated heterocycles. The first kappa shape index (κ1) is 15.9. The number of aromatic nitrogens is 2. The molecule has 3 aromatic rings. The Labute approximate surface area is 146 Å². The van der Waals surface area contributed by atoms with E-state index in [0.29, 0.717) is 11.9 Å². The molecule has 25 heavy (non-hydrogen) atoms. The number of hydrogen-bond acceptors (Lipinski definition) is 5. The summed E-state index contributed by atoms with van der Waals surface area (Å²) in [5.74, 6) is 0.560. The molecule has 0 radical (unpaired) electrons. The first-order chi connectivity index (χ1) is 12.2. The monoisotopic (exact) mass is 338 g/mol. The van der Waals surface area contributed by atoms with Crippen LogP contribution in [0.4, 0.5) is 5.82 Å². The van der Waals surface area contributed by atoms with E-state index in [4.69, 9.17) is 4.42 Å². The van der Waals surface area contributed by atoms with Crippen LogP contribution in [0.5, 0.6) is 0 Å². The molecule has 1 aromatic carbocycles. The zero-order valence-electron chi connectivity index (χ0n) is 14.3. The molecule has 1 aliphatic heterocycles. The average Bonchev–Trinajstić information content (AvgIpc) is 3.06. The molecule has 130 valence electrons. The summed E-state index contributed by atoms with van der Waals surface area (Å²) in [7, 11) is 1.76. The summed E-state index contributed by atoms with van der Waals surface area (Å²) in [6, 6.07) is 8.55. The fourth-order valence-electron chi connectivity index (χ4n) is 3.42. The van der Waals surface area contributed by atoms with E-state index in [0.717, 1.165) is 38.1 Å². The van der Waals surface area contributed by atoms with Gasteiger partial charge >= 0.3 is 0 Å². The molecule has 3 heterocycles. The van der Waals surface area contributed by atoms with Gasteiger partial charge in [0.2, 0.25) is 0 Å². The van der Waals surface area contributed by atoms with Crippen LogP contribution in [0.3, 0.4) is 0 Å². The van der Waals surface area contributed by atoms with Gasteiger partial charge in [-0.15, -0.1) is 0 Å². The fourth-order valence-corrected chi connectivity index (χ4v) is 3.42. The Morgan fingerprint density at radius 2 is 2.08 bits per heavy atom. The van der Waals surface area contributed by atoms with Gasteiger partial charge in [0.15, 0.2) is 5.82 Å². The number of fused-ring (bicyclic) bond motifs is 1. The minimum Gasteiger partial charge on any atom is -0.464 e. The van der Waals surface area contributed by atoms with Crippen LogP contribution >= 0.6 is 0 Å². The maximum absolute atomic E-state index is 12.2. The highest BCUT2D eigenvalue weighted by Crippen LogP contribution is 2.21. The maximum atomic E-state index is 12.2. The molecule has 0 spiro atoms. The van der Waals surface area contributed by atoms with Crippen LogP contribution in [0.1, 0.15) is 18.4 Å². The number of para-hydroxylation sites is 1. The highest BCUT2D eigenvalue weighted by atomic mass is 16.3. The predicted molar refractivity (Wildman–Crippen MR) is 97.8 cm³/mol. The molecule has 0 atom stereocenters. The van der Waals surface area contributed by atoms with Gasteiger partial charge in [-0.3, -0.25) is 4.79 Å². The minimum atomic E-state index is -0.0289. The summed E-state index contributed by atoms with van der Waals surface area (Å²) >= 11 is 0. The first-order valence-electron chi connectivity index (χ1n) is 8.67. The van der Waals surface area contributed by atoms with Crippen LogP contribution in [0.25, 0.3) is 11.0 Å². The van der Waals surface area contributed by atoms with Gasteiger partial charge in [-0.25, -0.2) is 4.98 Å². The lowest BCUT2D eigenvalue weighted by molar-refractivity contribution is 0.411. The van der Waals surface area contributed by atoms with E-state index >= 15 is 0 Å². The van der Waals surface area contributed by atoms with Gasteiger partial charge in [-0.2, -0.15) is 0 Å². The van der Waals surface area contributed by atoms with Crippen molar-refractivity contribution < 1.29 is 4.42 Å². The predicted octanol–water partition coefficient (Wildman–Crippen LogP) is 2.29. The molecule has 4 rings (SSSR count). The number of benzene rings is 1. The van der Waals surface area contributed by atoms with E-state index < -0.39 is 0 Å². The van der Waals surface area contributed by atoms with Gasteiger partial charge in [0.1, 0.15) is 5.58 Å². The molecular formula is C19H22N4O2. The van der Waals surface area contributed by atoms with Crippen LogP contribution in [-0.4, -0.2) is 28.7 Å². The van der Waals surface area contributed by atoms with Crippen molar-refractivity contribution in [2.75, 3.05) is 18.0 Å². The molecule has 6 nitrogen and oxygen atoms in total. The number of hydrogen-bond donors (Lipinski definition) is 1. The van der Waals surface area contributed by atoms with Crippen molar-refractivity contribution in [1.29, 1.82) is 0 Å². The summed E-state index contributed by atoms with van der Waals surface area (Å²) in [6.07, 6.45) is 7.20. The van der Waals surface area contributed by atoms with E-state index in [1.807, 2.05) is 24.5 Å². The van der Waals surface area contributed by atoms with Crippen LogP contribution in [0.15, 0.2) is 52.1 Å². The minimum absolute atomic E-state index is 0.0289. The zero-order chi connectivity index (χ0) is 17.2. The topological polar surface area (TPSA) is 63.3 Å². The number of rotatable bonds is 4. The van der Waals surface area contributed by atoms with Crippen LogP contribution in [0, 0.1) is 0 Å². The van der Waals surface area contributed by atoms with Crippen LogP contribution in [0.2, 0.25) is 0 Å². The van der Waals surface area contributed by atoms with Crippen molar-refractivity contribution in [2.45, 2.75) is 25.4 Å². The Balaban J connectivity index is 1.36. The van der Waals surface area contributed by atoms with E-state index in [1.165, 1.54) is 10.9 Å². The Morgan fingerprint density at radius 3 is 2.92 bits per heavy atom. The van der Waals surface area contributed by atoms with Crippen molar-refractivity contribution in [3.8, 4) is 0 Å². The lowest BCUT2D eigenvalue weighted by Gasteiger charge is -2.32. The molecule has 0 bridgehead atoms. The lowest BCUT2D eigenvalue weighted by Crippen LogP contribution is -2.44. The normalized spacial score (nSPS) is 15.8. The van der Waals surface area contributed by atoms with Crippen molar-refractivity contribution in [3.05, 3.63) is 58.8 Å². The second-order valence-electron chi connectivity index (χ2n) is 6.57. The molecule has 0 saturated carbocycles. The Hall–Kier alpha value is -2.60. The summed E-state index contributed by atoms with van der Waals surface area (Å²) in [5.41, 5.74) is 2.09. The summed E-state index contributed by atoms with van der Waals surface area (Å²) in [6.45, 7) is 2.49. The smallest absolute Gasteiger partial charge is 0.293 e. The number of piperidine rings is 1. The van der Waals surface area contributed by atoms with Gasteiger partial charge in [0, 0.05) is 56.1 Å². The van der Waals surface area contributed by atoms with Crippen LogP contribution in [-0.2, 0) is 13.6 Å². The molecule has 0 aliphatic carbocycles. The van der Waals surface area contributed by atoms with Crippen molar-refractivity contribution in [1.82, 2.24) is 14.9 Å². The third-order valence-electron chi connectivity index (χ3n) is 4.94. The number of nitrogens with one attached hydrogen (secondary N) is 1.